The lowest BCUT2D eigenvalue weighted by Crippen LogP contribution is -2.09. The summed E-state index contributed by atoms with van der Waals surface area (Å²) in [5.41, 5.74) is -1.29. The average Bonchev–Trinajstić information content (AvgIpc) is 2.30. The normalized spacial score (nSPS) is 13.4. The van der Waals surface area contributed by atoms with Gasteiger partial charge in [-0.2, -0.15) is 13.2 Å². The Labute approximate surface area is 118 Å². The average molecular weight is 343 g/mol. The second kappa shape index (κ2) is 7.12. The van der Waals surface area contributed by atoms with Crippen LogP contribution in [-0.4, -0.2) is 11.9 Å². The van der Waals surface area contributed by atoms with Gasteiger partial charge in [0, 0.05) is 5.33 Å². The van der Waals surface area contributed by atoms with Crippen molar-refractivity contribution in [3.05, 3.63) is 29.6 Å². The van der Waals surface area contributed by atoms with Crippen molar-refractivity contribution in [3.63, 3.8) is 0 Å². The summed E-state index contributed by atoms with van der Waals surface area (Å²) in [6.45, 7) is 2.35. The van der Waals surface area contributed by atoms with Gasteiger partial charge in [-0.05, 0) is 37.0 Å². The van der Waals surface area contributed by atoms with Crippen molar-refractivity contribution in [1.29, 1.82) is 0 Å². The summed E-state index contributed by atoms with van der Waals surface area (Å²) in [7, 11) is 0. The maximum atomic E-state index is 13.0. The van der Waals surface area contributed by atoms with Gasteiger partial charge < -0.3 is 4.74 Å². The van der Waals surface area contributed by atoms with Crippen LogP contribution in [0.2, 0.25) is 0 Å². The van der Waals surface area contributed by atoms with Crippen molar-refractivity contribution in [2.24, 2.45) is 5.92 Å². The molecule has 6 heteroatoms. The maximum Gasteiger partial charge on any atom is 0.419 e. The first kappa shape index (κ1) is 16.3. The minimum absolute atomic E-state index is 0.0415. The molecule has 0 bridgehead atoms. The molecule has 108 valence electrons. The molecule has 0 spiro atoms. The lowest BCUT2D eigenvalue weighted by Gasteiger charge is -2.13. The third kappa shape index (κ3) is 5.38. The summed E-state index contributed by atoms with van der Waals surface area (Å²) in [6.07, 6.45) is -2.99. The molecular weight excluding hydrogens is 328 g/mol. The largest absolute Gasteiger partial charge is 0.494 e. The zero-order valence-electron chi connectivity index (χ0n) is 10.4. The fourth-order valence-corrected chi connectivity index (χ4v) is 2.30. The zero-order valence-corrected chi connectivity index (χ0v) is 12.0. The minimum atomic E-state index is -4.70. The van der Waals surface area contributed by atoms with Gasteiger partial charge in [0.15, 0.2) is 0 Å². The van der Waals surface area contributed by atoms with Gasteiger partial charge in [0.25, 0.3) is 0 Å². The molecule has 0 aliphatic heterocycles. The number of alkyl halides is 4. The topological polar surface area (TPSA) is 9.23 Å². The SMILES string of the molecule is CC(CCBr)CCOc1ccc(F)c(C(F)(F)F)c1. The maximum absolute atomic E-state index is 13.0. The van der Waals surface area contributed by atoms with Gasteiger partial charge in [0.1, 0.15) is 11.6 Å². The van der Waals surface area contributed by atoms with Crippen LogP contribution >= 0.6 is 15.9 Å². The van der Waals surface area contributed by atoms with Crippen LogP contribution in [0.25, 0.3) is 0 Å². The summed E-state index contributed by atoms with van der Waals surface area (Å²) in [4.78, 5) is 0. The fraction of sp³-hybridized carbons (Fsp3) is 0.538. The summed E-state index contributed by atoms with van der Waals surface area (Å²) in [5.74, 6) is -0.825. The molecule has 1 nitrogen and oxygen atoms in total. The van der Waals surface area contributed by atoms with E-state index in [1.54, 1.807) is 0 Å². The monoisotopic (exact) mass is 342 g/mol. The van der Waals surface area contributed by atoms with Gasteiger partial charge >= 0.3 is 6.18 Å². The van der Waals surface area contributed by atoms with Gasteiger partial charge in [0.2, 0.25) is 0 Å². The number of ether oxygens (including phenoxy) is 1. The van der Waals surface area contributed by atoms with E-state index in [1.165, 1.54) is 6.07 Å². The molecule has 0 saturated carbocycles. The molecule has 0 radical (unpaired) electrons. The first-order chi connectivity index (χ1) is 8.84. The molecule has 1 aromatic carbocycles. The van der Waals surface area contributed by atoms with E-state index in [9.17, 15) is 17.6 Å². The van der Waals surface area contributed by atoms with Crippen LogP contribution in [0, 0.1) is 11.7 Å². The Balaban J connectivity index is 2.60. The molecule has 0 N–H and O–H groups in total. The molecule has 1 unspecified atom stereocenters. The zero-order chi connectivity index (χ0) is 14.5. The molecule has 0 aromatic heterocycles. The van der Waals surface area contributed by atoms with Crippen LogP contribution in [0.1, 0.15) is 25.3 Å². The van der Waals surface area contributed by atoms with Crippen LogP contribution in [0.3, 0.4) is 0 Å². The number of hydrogen-bond acceptors (Lipinski definition) is 1. The predicted molar refractivity (Wildman–Crippen MR) is 69.1 cm³/mol. The van der Waals surface area contributed by atoms with E-state index >= 15 is 0 Å². The molecule has 1 aromatic rings. The van der Waals surface area contributed by atoms with Crippen LogP contribution in [0.5, 0.6) is 5.75 Å². The van der Waals surface area contributed by atoms with E-state index in [-0.39, 0.29) is 5.75 Å². The standard InChI is InChI=1S/C13H15BrF4O/c1-9(4-6-14)5-7-19-10-2-3-12(15)11(8-10)13(16,17)18/h2-3,8-9H,4-7H2,1H3. The smallest absolute Gasteiger partial charge is 0.419 e. The van der Waals surface area contributed by atoms with E-state index in [1.807, 2.05) is 6.92 Å². The quantitative estimate of drug-likeness (QED) is 0.520. The molecule has 0 aliphatic carbocycles. The molecule has 1 atom stereocenters. The van der Waals surface area contributed by atoms with Crippen molar-refractivity contribution in [1.82, 2.24) is 0 Å². The van der Waals surface area contributed by atoms with Crippen LogP contribution in [0.4, 0.5) is 17.6 Å². The first-order valence-electron chi connectivity index (χ1n) is 5.90. The minimum Gasteiger partial charge on any atom is -0.494 e. The van der Waals surface area contributed by atoms with E-state index < -0.39 is 17.6 Å². The number of halogens is 5. The van der Waals surface area contributed by atoms with Gasteiger partial charge in [-0.3, -0.25) is 0 Å². The number of rotatable bonds is 6. The Hall–Kier alpha value is -0.780. The highest BCUT2D eigenvalue weighted by molar-refractivity contribution is 9.09. The number of benzene rings is 1. The van der Waals surface area contributed by atoms with Crippen LogP contribution < -0.4 is 4.74 Å². The van der Waals surface area contributed by atoms with Gasteiger partial charge in [-0.1, -0.05) is 22.9 Å². The fourth-order valence-electron chi connectivity index (χ4n) is 1.52. The van der Waals surface area contributed by atoms with Crippen molar-refractivity contribution >= 4 is 15.9 Å². The third-order valence-electron chi connectivity index (χ3n) is 2.72. The first-order valence-corrected chi connectivity index (χ1v) is 7.02. The molecule has 0 aliphatic rings. The Kier molecular flexibility index (Phi) is 6.10. The van der Waals surface area contributed by atoms with Crippen molar-refractivity contribution in [2.45, 2.75) is 25.9 Å². The molecule has 0 heterocycles. The van der Waals surface area contributed by atoms with Gasteiger partial charge in [-0.15, -0.1) is 0 Å². The Bertz CT molecular complexity index is 406. The Morgan fingerprint density at radius 1 is 1.26 bits per heavy atom. The lowest BCUT2D eigenvalue weighted by molar-refractivity contribution is -0.140. The van der Waals surface area contributed by atoms with Crippen molar-refractivity contribution < 1.29 is 22.3 Å². The van der Waals surface area contributed by atoms with Gasteiger partial charge in [-0.25, -0.2) is 4.39 Å². The van der Waals surface area contributed by atoms with E-state index in [2.05, 4.69) is 15.9 Å². The highest BCUT2D eigenvalue weighted by Crippen LogP contribution is 2.33. The van der Waals surface area contributed by atoms with Crippen molar-refractivity contribution in [3.8, 4) is 5.75 Å². The lowest BCUT2D eigenvalue weighted by atomic mass is 10.1. The van der Waals surface area contributed by atoms with E-state index in [0.717, 1.165) is 24.2 Å². The highest BCUT2D eigenvalue weighted by atomic mass is 79.9. The number of hydrogen-bond donors (Lipinski definition) is 0. The summed E-state index contributed by atoms with van der Waals surface area (Å²) < 4.78 is 55.7. The second-order valence-corrected chi connectivity index (χ2v) is 5.15. The summed E-state index contributed by atoms with van der Waals surface area (Å²) >= 11 is 3.32. The van der Waals surface area contributed by atoms with Crippen LogP contribution in [0.15, 0.2) is 18.2 Å². The van der Waals surface area contributed by atoms with Crippen molar-refractivity contribution in [2.75, 3.05) is 11.9 Å². The Morgan fingerprint density at radius 2 is 1.95 bits per heavy atom. The second-order valence-electron chi connectivity index (χ2n) is 4.36. The predicted octanol–water partition coefficient (Wildman–Crippen LogP) is 5.03. The molecule has 1 rings (SSSR count). The van der Waals surface area contributed by atoms with E-state index in [0.29, 0.717) is 18.6 Å². The van der Waals surface area contributed by atoms with Gasteiger partial charge in [0.05, 0.1) is 12.2 Å². The molecule has 0 saturated heterocycles. The Morgan fingerprint density at radius 3 is 2.53 bits per heavy atom. The van der Waals surface area contributed by atoms with Crippen LogP contribution in [-0.2, 0) is 6.18 Å². The highest BCUT2D eigenvalue weighted by Gasteiger charge is 2.34. The molecular formula is C13H15BrF4O. The summed E-state index contributed by atoms with van der Waals surface area (Å²) in [5, 5.41) is 0.878. The third-order valence-corrected chi connectivity index (χ3v) is 3.18. The molecule has 19 heavy (non-hydrogen) atoms. The molecule has 0 fully saturated rings. The van der Waals surface area contributed by atoms with E-state index in [4.69, 9.17) is 4.74 Å². The molecule has 0 amide bonds. The summed E-state index contributed by atoms with van der Waals surface area (Å²) in [6, 6.07) is 2.68.